The van der Waals surface area contributed by atoms with Gasteiger partial charge in [-0.1, -0.05) is 0 Å². The summed E-state index contributed by atoms with van der Waals surface area (Å²) in [4.78, 5) is 15.2. The summed E-state index contributed by atoms with van der Waals surface area (Å²) in [5, 5.41) is 0. The first-order valence-corrected chi connectivity index (χ1v) is 4.28. The summed E-state index contributed by atoms with van der Waals surface area (Å²) in [5.74, 6) is 0.0569. The molecule has 0 saturated carbocycles. The average Bonchev–Trinajstić information content (AvgIpc) is 2.66. The third-order valence-electron chi connectivity index (χ3n) is 1.96. The topological polar surface area (TPSA) is 44.1 Å². The molecule has 0 aliphatic heterocycles. The Morgan fingerprint density at radius 2 is 2.46 bits per heavy atom. The third kappa shape index (κ3) is 2.99. The maximum Gasteiger partial charge on any atom is 0.231 e. The second kappa shape index (κ2) is 4.77. The van der Waals surface area contributed by atoms with Crippen LogP contribution in [0.15, 0.2) is 18.7 Å². The van der Waals surface area contributed by atoms with E-state index in [2.05, 4.69) is 4.98 Å². The summed E-state index contributed by atoms with van der Waals surface area (Å²) >= 11 is 0. The van der Waals surface area contributed by atoms with E-state index < -0.39 is 0 Å². The van der Waals surface area contributed by atoms with Crippen LogP contribution >= 0.6 is 0 Å². The summed E-state index contributed by atoms with van der Waals surface area (Å²) in [7, 11) is 1.65. The molecule has 0 aliphatic rings. The quantitative estimate of drug-likeness (QED) is 0.705. The van der Waals surface area contributed by atoms with Gasteiger partial charge in [0.2, 0.25) is 5.91 Å². The van der Waals surface area contributed by atoms with Crippen LogP contribution in [0.2, 0.25) is 0 Å². The number of carbonyl (C=O) groups excluding carboxylic acids is 1. The number of hydrogen-bond donors (Lipinski definition) is 0. The lowest BCUT2D eigenvalue weighted by Crippen LogP contribution is -2.12. The van der Waals surface area contributed by atoms with Crippen LogP contribution in [0.25, 0.3) is 0 Å². The Labute approximate surface area is 77.5 Å². The molecule has 0 fully saturated rings. The minimum Gasteiger partial charge on any atom is -0.382 e. The first-order valence-electron chi connectivity index (χ1n) is 4.28. The van der Waals surface area contributed by atoms with E-state index in [0.717, 1.165) is 6.42 Å². The first kappa shape index (κ1) is 9.92. The Morgan fingerprint density at radius 3 is 3.00 bits per heavy atom. The smallest absolute Gasteiger partial charge is 0.231 e. The normalized spacial score (nSPS) is 12.8. The van der Waals surface area contributed by atoms with Crippen molar-refractivity contribution in [3.8, 4) is 0 Å². The van der Waals surface area contributed by atoms with Gasteiger partial charge >= 0.3 is 0 Å². The lowest BCUT2D eigenvalue weighted by molar-refractivity contribution is 0.0811. The zero-order chi connectivity index (χ0) is 9.68. The van der Waals surface area contributed by atoms with Crippen molar-refractivity contribution < 1.29 is 9.53 Å². The summed E-state index contributed by atoms with van der Waals surface area (Å²) < 4.78 is 6.53. The van der Waals surface area contributed by atoms with Crippen molar-refractivity contribution in [2.45, 2.75) is 25.9 Å². The Balaban J connectivity index is 2.35. The second-order valence-electron chi connectivity index (χ2n) is 2.95. The van der Waals surface area contributed by atoms with Crippen LogP contribution in [-0.4, -0.2) is 28.7 Å². The van der Waals surface area contributed by atoms with Crippen LogP contribution < -0.4 is 0 Å². The van der Waals surface area contributed by atoms with Crippen LogP contribution in [0.3, 0.4) is 0 Å². The molecule has 1 atom stereocenters. The van der Waals surface area contributed by atoms with Crippen molar-refractivity contribution in [1.82, 2.24) is 9.55 Å². The third-order valence-corrected chi connectivity index (χ3v) is 1.96. The number of aromatic nitrogens is 2. The fraction of sp³-hybridized carbons (Fsp3) is 0.556. The Hall–Kier alpha value is -1.16. The summed E-state index contributed by atoms with van der Waals surface area (Å²) in [6, 6.07) is 0. The maximum atomic E-state index is 11.4. The largest absolute Gasteiger partial charge is 0.382 e. The van der Waals surface area contributed by atoms with Crippen molar-refractivity contribution in [2.75, 3.05) is 7.11 Å². The highest BCUT2D eigenvalue weighted by molar-refractivity contribution is 5.78. The lowest BCUT2D eigenvalue weighted by Gasteiger charge is -2.07. The van der Waals surface area contributed by atoms with Gasteiger partial charge in [-0.05, 0) is 13.3 Å². The first-order chi connectivity index (χ1) is 6.24. The molecule has 0 saturated heterocycles. The zero-order valence-electron chi connectivity index (χ0n) is 7.93. The van der Waals surface area contributed by atoms with Crippen molar-refractivity contribution in [1.29, 1.82) is 0 Å². The Bertz CT molecular complexity index is 257. The van der Waals surface area contributed by atoms with E-state index in [1.807, 2.05) is 6.92 Å². The maximum absolute atomic E-state index is 11.4. The number of ether oxygens (including phenoxy) is 1. The number of imidazole rings is 1. The number of hydrogen-bond acceptors (Lipinski definition) is 3. The van der Waals surface area contributed by atoms with Crippen LogP contribution in [0, 0.1) is 0 Å². The van der Waals surface area contributed by atoms with Gasteiger partial charge in [-0.2, -0.15) is 0 Å². The molecule has 0 aliphatic carbocycles. The highest BCUT2D eigenvalue weighted by Crippen LogP contribution is 2.02. The molecule has 0 spiro atoms. The van der Waals surface area contributed by atoms with Gasteiger partial charge in [0.1, 0.15) is 6.33 Å². The van der Waals surface area contributed by atoms with Crippen LogP contribution in [0.4, 0.5) is 0 Å². The molecule has 72 valence electrons. The molecule has 1 aromatic rings. The predicted octanol–water partition coefficient (Wildman–Crippen LogP) is 1.34. The van der Waals surface area contributed by atoms with Gasteiger partial charge in [-0.25, -0.2) is 4.98 Å². The molecule has 4 heteroatoms. The minimum absolute atomic E-state index is 0.0569. The zero-order valence-corrected chi connectivity index (χ0v) is 7.93. The Morgan fingerprint density at radius 1 is 1.69 bits per heavy atom. The molecular formula is C9H14N2O2. The molecule has 0 N–H and O–H groups in total. The number of methoxy groups -OCH3 is 1. The van der Waals surface area contributed by atoms with E-state index >= 15 is 0 Å². The van der Waals surface area contributed by atoms with E-state index in [1.165, 1.54) is 10.9 Å². The van der Waals surface area contributed by atoms with Crippen LogP contribution in [-0.2, 0) is 4.74 Å². The van der Waals surface area contributed by atoms with Gasteiger partial charge < -0.3 is 4.74 Å². The molecule has 1 unspecified atom stereocenters. The van der Waals surface area contributed by atoms with E-state index in [1.54, 1.807) is 19.5 Å². The number of rotatable bonds is 4. The molecular weight excluding hydrogens is 168 g/mol. The molecule has 0 amide bonds. The molecule has 0 radical (unpaired) electrons. The second-order valence-corrected chi connectivity index (χ2v) is 2.95. The van der Waals surface area contributed by atoms with Crippen molar-refractivity contribution in [3.63, 3.8) is 0 Å². The van der Waals surface area contributed by atoms with Crippen molar-refractivity contribution >= 4 is 5.91 Å². The molecule has 0 aromatic carbocycles. The molecule has 13 heavy (non-hydrogen) atoms. The summed E-state index contributed by atoms with van der Waals surface area (Å²) in [5.41, 5.74) is 0. The van der Waals surface area contributed by atoms with Gasteiger partial charge in [0.05, 0.1) is 6.10 Å². The van der Waals surface area contributed by atoms with Gasteiger partial charge in [0, 0.05) is 25.9 Å². The average molecular weight is 182 g/mol. The van der Waals surface area contributed by atoms with Crippen molar-refractivity contribution in [3.05, 3.63) is 18.7 Å². The highest BCUT2D eigenvalue weighted by atomic mass is 16.5. The van der Waals surface area contributed by atoms with Crippen LogP contribution in [0.5, 0.6) is 0 Å². The van der Waals surface area contributed by atoms with E-state index in [9.17, 15) is 4.79 Å². The van der Waals surface area contributed by atoms with E-state index in [-0.39, 0.29) is 12.0 Å². The molecule has 0 bridgehead atoms. The fourth-order valence-corrected chi connectivity index (χ4v) is 0.980. The van der Waals surface area contributed by atoms with E-state index in [4.69, 9.17) is 4.74 Å². The number of carbonyl (C=O) groups is 1. The predicted molar refractivity (Wildman–Crippen MR) is 48.6 cm³/mol. The standard InChI is InChI=1S/C9H14N2O2/c1-8(13-2)3-4-9(12)11-6-5-10-7-11/h5-8H,3-4H2,1-2H3. The van der Waals surface area contributed by atoms with Crippen LogP contribution in [0.1, 0.15) is 24.6 Å². The van der Waals surface area contributed by atoms with Gasteiger partial charge in [-0.3, -0.25) is 9.36 Å². The van der Waals surface area contributed by atoms with Gasteiger partial charge in [-0.15, -0.1) is 0 Å². The molecule has 1 rings (SSSR count). The Kier molecular flexibility index (Phi) is 3.64. The molecule has 4 nitrogen and oxygen atoms in total. The highest BCUT2D eigenvalue weighted by Gasteiger charge is 2.06. The van der Waals surface area contributed by atoms with Gasteiger partial charge in [0.25, 0.3) is 0 Å². The monoisotopic (exact) mass is 182 g/mol. The summed E-state index contributed by atoms with van der Waals surface area (Å²) in [6.07, 6.45) is 6.13. The number of nitrogens with zero attached hydrogens (tertiary/aromatic N) is 2. The SMILES string of the molecule is COC(C)CCC(=O)n1ccnc1. The summed E-state index contributed by atoms with van der Waals surface area (Å²) in [6.45, 7) is 1.95. The fourth-order valence-electron chi connectivity index (χ4n) is 0.980. The minimum atomic E-state index is 0.0569. The van der Waals surface area contributed by atoms with E-state index in [0.29, 0.717) is 6.42 Å². The lowest BCUT2D eigenvalue weighted by atomic mass is 10.2. The van der Waals surface area contributed by atoms with Crippen molar-refractivity contribution in [2.24, 2.45) is 0 Å². The van der Waals surface area contributed by atoms with Gasteiger partial charge in [0.15, 0.2) is 0 Å². The molecule has 1 heterocycles. The molecule has 1 aromatic heterocycles.